The van der Waals surface area contributed by atoms with Crippen LogP contribution in [-0.2, 0) is 16.0 Å². The Hall–Kier alpha value is -2.15. The lowest BCUT2D eigenvalue weighted by Gasteiger charge is -2.34. The van der Waals surface area contributed by atoms with Gasteiger partial charge in [-0.2, -0.15) is 0 Å². The van der Waals surface area contributed by atoms with Crippen molar-refractivity contribution in [3.8, 4) is 17.2 Å². The minimum atomic E-state index is -0.344. The largest absolute Gasteiger partial charge is 0.493 e. The van der Waals surface area contributed by atoms with Crippen LogP contribution in [0.15, 0.2) is 30.3 Å². The van der Waals surface area contributed by atoms with Gasteiger partial charge in [0.15, 0.2) is 11.5 Å². The van der Waals surface area contributed by atoms with Gasteiger partial charge >= 0.3 is 12.0 Å². The molecule has 1 aliphatic heterocycles. The van der Waals surface area contributed by atoms with Crippen molar-refractivity contribution in [3.05, 3.63) is 45.9 Å². The molecule has 1 aliphatic rings. The molecule has 1 fully saturated rings. The maximum Gasteiger partial charge on any atom is 0.319 e. The van der Waals surface area contributed by atoms with E-state index in [1.807, 2.05) is 13.0 Å². The van der Waals surface area contributed by atoms with Gasteiger partial charge in [-0.1, -0.05) is 42.6 Å². The molecule has 0 spiro atoms. The zero-order valence-corrected chi connectivity index (χ0v) is 30.1. The number of carbonyl (C=O) groups is 2. The lowest BCUT2D eigenvalue weighted by molar-refractivity contribution is -0.148. The summed E-state index contributed by atoms with van der Waals surface area (Å²) in [7, 11) is 4.59. The maximum absolute atomic E-state index is 13.3. The Morgan fingerprint density at radius 1 is 0.932 bits per heavy atom. The highest BCUT2D eigenvalue weighted by Gasteiger charge is 2.27. The monoisotopic (exact) mass is 765 g/mol. The van der Waals surface area contributed by atoms with Gasteiger partial charge in [0.1, 0.15) is 0 Å². The molecule has 3 unspecified atom stereocenters. The van der Waals surface area contributed by atoms with Gasteiger partial charge in [-0.05, 0) is 75.7 Å². The fourth-order valence-electron chi connectivity index (χ4n) is 5.46. The van der Waals surface area contributed by atoms with E-state index in [9.17, 15) is 9.59 Å². The average molecular weight is 767 g/mol. The van der Waals surface area contributed by atoms with Crippen molar-refractivity contribution in [2.24, 2.45) is 11.8 Å². The summed E-state index contributed by atoms with van der Waals surface area (Å²) >= 11 is 12.3. The lowest BCUT2D eigenvalue weighted by Crippen LogP contribution is -2.49. The first kappa shape index (κ1) is 38.0. The number of hydrogen-bond acceptors (Lipinski definition) is 7. The molecule has 3 rings (SSSR count). The third kappa shape index (κ3) is 11.3. The van der Waals surface area contributed by atoms with Gasteiger partial charge < -0.3 is 34.5 Å². The van der Waals surface area contributed by atoms with Gasteiger partial charge in [0.25, 0.3) is 0 Å². The topological polar surface area (TPSA) is 98.4 Å². The Bertz CT molecular complexity index is 1190. The highest BCUT2D eigenvalue weighted by atomic mass is 127. The second kappa shape index (κ2) is 19.4. The van der Waals surface area contributed by atoms with Crippen LogP contribution in [0, 0.1) is 11.8 Å². The molecule has 2 N–H and O–H groups in total. The van der Waals surface area contributed by atoms with Crippen LogP contribution in [-0.4, -0.2) is 70.5 Å². The number of halogens is 3. The highest BCUT2D eigenvalue weighted by molar-refractivity contribution is 14.0. The van der Waals surface area contributed by atoms with E-state index < -0.39 is 0 Å². The molecular formula is C32H46Cl2IN3O6. The number of methoxy groups -OCH3 is 3. The van der Waals surface area contributed by atoms with E-state index in [1.165, 1.54) is 27.8 Å². The molecular weight excluding hydrogens is 720 g/mol. The minimum Gasteiger partial charge on any atom is -0.493 e. The molecule has 9 nitrogen and oxygen atoms in total. The standard InChI is InChI=1S/C32H45Cl2N3O6.HI/c1-6-43-31(38)23(16-22-11-13-25(33)26(34)17-22)12-10-21(2)27(20-37-14-8-7-9-15-37)36-32(39)35-24-18-28(40-3)30(42-5)29(19-24)41-4;/h11,13,17-19,21,23,27H,6-10,12,14-16,20H2,1-5H3,(H2,35,36,39);1H. The summed E-state index contributed by atoms with van der Waals surface area (Å²) in [6, 6.07) is 8.34. The summed E-state index contributed by atoms with van der Waals surface area (Å²) in [6.07, 6.45) is 5.33. The average Bonchev–Trinajstić information content (AvgIpc) is 3.00. The number of ether oxygens (including phenoxy) is 4. The van der Waals surface area contributed by atoms with E-state index in [1.54, 1.807) is 24.3 Å². The fourth-order valence-corrected chi connectivity index (χ4v) is 5.78. The van der Waals surface area contributed by atoms with Gasteiger partial charge in [0.05, 0.1) is 49.6 Å². The second-order valence-electron chi connectivity index (χ2n) is 10.9. The van der Waals surface area contributed by atoms with Crippen LogP contribution in [0.25, 0.3) is 0 Å². The van der Waals surface area contributed by atoms with Gasteiger partial charge in [-0.3, -0.25) is 4.79 Å². The molecule has 0 aliphatic carbocycles. The fraction of sp³-hybridized carbons (Fsp3) is 0.562. The first-order chi connectivity index (χ1) is 20.7. The molecule has 2 aromatic rings. The van der Waals surface area contributed by atoms with Crippen molar-refractivity contribution < 1.29 is 28.5 Å². The number of piperidine rings is 1. The van der Waals surface area contributed by atoms with Crippen LogP contribution >= 0.6 is 47.2 Å². The van der Waals surface area contributed by atoms with E-state index in [-0.39, 0.29) is 53.9 Å². The summed E-state index contributed by atoms with van der Waals surface area (Å²) in [5, 5.41) is 7.06. The number of nitrogens with one attached hydrogen (secondary N) is 2. The van der Waals surface area contributed by atoms with Crippen LogP contribution < -0.4 is 24.8 Å². The molecule has 246 valence electrons. The van der Waals surface area contributed by atoms with Gasteiger partial charge in [0, 0.05) is 24.7 Å². The van der Waals surface area contributed by atoms with Crippen molar-refractivity contribution in [2.45, 2.75) is 58.4 Å². The van der Waals surface area contributed by atoms with Crippen LogP contribution in [0.4, 0.5) is 10.5 Å². The number of nitrogens with zero attached hydrogens (tertiary/aromatic N) is 1. The predicted octanol–water partition coefficient (Wildman–Crippen LogP) is 7.45. The van der Waals surface area contributed by atoms with E-state index in [2.05, 4.69) is 22.5 Å². The van der Waals surface area contributed by atoms with Crippen molar-refractivity contribution in [1.82, 2.24) is 10.2 Å². The summed E-state index contributed by atoms with van der Waals surface area (Å²) in [5.41, 5.74) is 1.44. The van der Waals surface area contributed by atoms with Crippen LogP contribution in [0.5, 0.6) is 17.2 Å². The molecule has 0 saturated carbocycles. The molecule has 1 saturated heterocycles. The first-order valence-electron chi connectivity index (χ1n) is 14.9. The smallest absolute Gasteiger partial charge is 0.319 e. The quantitative estimate of drug-likeness (QED) is 0.144. The van der Waals surface area contributed by atoms with Crippen molar-refractivity contribution >= 4 is 64.9 Å². The zero-order valence-electron chi connectivity index (χ0n) is 26.3. The Kier molecular flexibility index (Phi) is 16.8. The Labute approximate surface area is 288 Å². The van der Waals surface area contributed by atoms with Gasteiger partial charge in [0.2, 0.25) is 5.75 Å². The first-order valence-corrected chi connectivity index (χ1v) is 15.6. The maximum atomic E-state index is 13.3. The number of anilines is 1. The van der Waals surface area contributed by atoms with Crippen molar-refractivity contribution in [2.75, 3.05) is 52.9 Å². The number of urea groups is 1. The van der Waals surface area contributed by atoms with E-state index in [0.29, 0.717) is 58.9 Å². The van der Waals surface area contributed by atoms with E-state index in [0.717, 1.165) is 38.0 Å². The summed E-state index contributed by atoms with van der Waals surface area (Å²) in [6.45, 7) is 6.97. The number of benzene rings is 2. The second-order valence-corrected chi connectivity index (χ2v) is 11.8. The van der Waals surface area contributed by atoms with Gasteiger partial charge in [-0.25, -0.2) is 4.79 Å². The Morgan fingerprint density at radius 3 is 2.16 bits per heavy atom. The zero-order chi connectivity index (χ0) is 31.4. The number of carbonyl (C=O) groups excluding carboxylic acids is 2. The molecule has 12 heteroatoms. The molecule has 3 atom stereocenters. The lowest BCUT2D eigenvalue weighted by atomic mass is 9.88. The van der Waals surface area contributed by atoms with Crippen LogP contribution in [0.3, 0.4) is 0 Å². The summed E-state index contributed by atoms with van der Waals surface area (Å²) < 4.78 is 21.7. The van der Waals surface area contributed by atoms with Crippen LogP contribution in [0.1, 0.15) is 51.5 Å². The van der Waals surface area contributed by atoms with Crippen molar-refractivity contribution in [1.29, 1.82) is 0 Å². The number of likely N-dealkylation sites (tertiary alicyclic amines) is 1. The Balaban J connectivity index is 0.00000675. The molecule has 1 heterocycles. The number of hydrogen-bond donors (Lipinski definition) is 2. The number of esters is 1. The van der Waals surface area contributed by atoms with E-state index in [4.69, 9.17) is 42.1 Å². The SMILES string of the molecule is CCOC(=O)C(CCC(C)C(CN1CCCCC1)NC(=O)Nc1cc(OC)c(OC)c(OC)c1)Cc1ccc(Cl)c(Cl)c1.I. The molecule has 44 heavy (non-hydrogen) atoms. The van der Waals surface area contributed by atoms with Crippen LogP contribution in [0.2, 0.25) is 10.0 Å². The molecule has 2 aromatic carbocycles. The molecule has 0 aromatic heterocycles. The number of rotatable bonds is 15. The van der Waals surface area contributed by atoms with E-state index >= 15 is 0 Å². The highest BCUT2D eigenvalue weighted by Crippen LogP contribution is 2.40. The minimum absolute atomic E-state index is 0. The van der Waals surface area contributed by atoms with Crippen molar-refractivity contribution in [3.63, 3.8) is 0 Å². The summed E-state index contributed by atoms with van der Waals surface area (Å²) in [5.74, 6) is 0.845. The summed E-state index contributed by atoms with van der Waals surface area (Å²) in [4.78, 5) is 28.6. The third-order valence-electron chi connectivity index (χ3n) is 7.89. The molecule has 0 radical (unpaired) electrons. The Morgan fingerprint density at radius 2 is 1.59 bits per heavy atom. The predicted molar refractivity (Wildman–Crippen MR) is 186 cm³/mol. The van der Waals surface area contributed by atoms with Gasteiger partial charge in [-0.15, -0.1) is 24.0 Å². The number of amides is 2. The molecule has 0 bridgehead atoms. The third-order valence-corrected chi connectivity index (χ3v) is 8.63. The molecule has 2 amide bonds. The normalized spacial score (nSPS) is 15.2.